The summed E-state index contributed by atoms with van der Waals surface area (Å²) < 4.78 is 4.33. The molecule has 0 bridgehead atoms. The topological polar surface area (TPSA) is 29.4 Å². The van der Waals surface area contributed by atoms with Crippen molar-refractivity contribution in [1.29, 1.82) is 0 Å². The summed E-state index contributed by atoms with van der Waals surface area (Å²) in [5, 5.41) is 0. The van der Waals surface area contributed by atoms with Gasteiger partial charge in [-0.1, -0.05) is 48.5 Å². The number of fused-ring (bicyclic) bond motifs is 1. The fourth-order valence-electron chi connectivity index (χ4n) is 1.89. The van der Waals surface area contributed by atoms with Crippen molar-refractivity contribution >= 4 is 29.5 Å². The van der Waals surface area contributed by atoms with E-state index < -0.39 is 0 Å². The third-order valence-corrected chi connectivity index (χ3v) is 3.62. The van der Waals surface area contributed by atoms with Gasteiger partial charge in [0.05, 0.1) is 0 Å². The minimum absolute atomic E-state index is 0.0125. The number of hydrogen-bond donors (Lipinski definition) is 0. The molecule has 0 N–H and O–H groups in total. The molecule has 0 amide bonds. The van der Waals surface area contributed by atoms with Crippen LogP contribution in [-0.2, 0) is 0 Å². The van der Waals surface area contributed by atoms with Gasteiger partial charge in [-0.2, -0.15) is 0 Å². The summed E-state index contributed by atoms with van der Waals surface area (Å²) in [6.07, 6.45) is 3.71. The van der Waals surface area contributed by atoms with Crippen LogP contribution in [0.2, 0.25) is 0 Å². The van der Waals surface area contributed by atoms with Crippen LogP contribution in [0.25, 0.3) is 6.08 Å². The minimum Gasteiger partial charge on any atom is -0.287 e. The van der Waals surface area contributed by atoms with E-state index >= 15 is 0 Å². The Hall–Kier alpha value is -2.13. The SMILES string of the molecule is O=C1C(=NSc2ccccc2)C=Cc2ccccc21. The van der Waals surface area contributed by atoms with E-state index in [1.54, 1.807) is 6.08 Å². The van der Waals surface area contributed by atoms with Gasteiger partial charge in [-0.05, 0) is 23.8 Å². The van der Waals surface area contributed by atoms with Crippen molar-refractivity contribution in [2.45, 2.75) is 4.90 Å². The summed E-state index contributed by atoms with van der Waals surface area (Å²) in [6.45, 7) is 0. The Morgan fingerprint density at radius 1 is 0.842 bits per heavy atom. The first-order valence-corrected chi connectivity index (χ1v) is 6.74. The van der Waals surface area contributed by atoms with Gasteiger partial charge < -0.3 is 0 Å². The Morgan fingerprint density at radius 3 is 2.42 bits per heavy atom. The van der Waals surface area contributed by atoms with Gasteiger partial charge in [0.1, 0.15) is 5.71 Å². The third kappa shape index (κ3) is 2.51. The lowest BCUT2D eigenvalue weighted by atomic mass is 9.95. The van der Waals surface area contributed by atoms with E-state index in [4.69, 9.17) is 0 Å². The minimum atomic E-state index is -0.0125. The molecule has 2 aromatic carbocycles. The highest BCUT2D eigenvalue weighted by molar-refractivity contribution is 7.98. The fourth-order valence-corrected chi connectivity index (χ4v) is 2.51. The quantitative estimate of drug-likeness (QED) is 0.767. The molecular formula is C16H11NOS. The molecule has 0 saturated heterocycles. The van der Waals surface area contributed by atoms with Crippen LogP contribution in [0.1, 0.15) is 15.9 Å². The summed E-state index contributed by atoms with van der Waals surface area (Å²) in [5.41, 5.74) is 2.17. The van der Waals surface area contributed by atoms with Crippen molar-refractivity contribution in [3.05, 3.63) is 71.8 Å². The summed E-state index contributed by atoms with van der Waals surface area (Å²) >= 11 is 1.32. The Labute approximate surface area is 116 Å². The molecule has 0 heterocycles. The van der Waals surface area contributed by atoms with Crippen LogP contribution < -0.4 is 0 Å². The van der Waals surface area contributed by atoms with Crippen molar-refractivity contribution in [1.82, 2.24) is 0 Å². The van der Waals surface area contributed by atoms with E-state index in [2.05, 4.69) is 4.40 Å². The lowest BCUT2D eigenvalue weighted by Crippen LogP contribution is -2.16. The second-order valence-electron chi connectivity index (χ2n) is 4.13. The van der Waals surface area contributed by atoms with Crippen molar-refractivity contribution in [3.63, 3.8) is 0 Å². The van der Waals surface area contributed by atoms with E-state index in [-0.39, 0.29) is 5.78 Å². The van der Waals surface area contributed by atoms with Gasteiger partial charge >= 0.3 is 0 Å². The molecule has 2 nitrogen and oxygen atoms in total. The van der Waals surface area contributed by atoms with Gasteiger partial charge in [0.25, 0.3) is 0 Å². The number of hydrogen-bond acceptors (Lipinski definition) is 3. The van der Waals surface area contributed by atoms with Crippen LogP contribution in [0, 0.1) is 0 Å². The molecule has 0 saturated carbocycles. The number of carbonyl (C=O) groups excluding carboxylic acids is 1. The van der Waals surface area contributed by atoms with Crippen molar-refractivity contribution < 1.29 is 4.79 Å². The van der Waals surface area contributed by atoms with Crippen LogP contribution in [0.3, 0.4) is 0 Å². The lowest BCUT2D eigenvalue weighted by Gasteiger charge is -2.10. The molecule has 0 atom stereocenters. The number of benzene rings is 2. The molecule has 0 radical (unpaired) electrons. The normalized spacial score (nSPS) is 15.6. The summed E-state index contributed by atoms with van der Waals surface area (Å²) in [5.74, 6) is -0.0125. The average Bonchev–Trinajstić information content (AvgIpc) is 2.48. The van der Waals surface area contributed by atoms with Crippen LogP contribution in [0.15, 0.2) is 70.0 Å². The maximum Gasteiger partial charge on any atom is 0.212 e. The number of carbonyl (C=O) groups is 1. The van der Waals surface area contributed by atoms with Gasteiger partial charge in [0.15, 0.2) is 0 Å². The molecule has 19 heavy (non-hydrogen) atoms. The number of Topliss-reactive ketones (excluding diaryl/α,β-unsaturated/α-hetero) is 1. The smallest absolute Gasteiger partial charge is 0.212 e. The Bertz CT molecular complexity index is 674. The summed E-state index contributed by atoms with van der Waals surface area (Å²) in [6, 6.07) is 17.4. The number of ketones is 1. The first-order valence-electron chi connectivity index (χ1n) is 5.96. The number of allylic oxidation sites excluding steroid dienone is 1. The molecule has 2 aromatic rings. The summed E-state index contributed by atoms with van der Waals surface area (Å²) in [7, 11) is 0. The van der Waals surface area contributed by atoms with E-state index in [0.717, 1.165) is 16.0 Å². The maximum absolute atomic E-state index is 12.2. The zero-order valence-electron chi connectivity index (χ0n) is 10.1. The van der Waals surface area contributed by atoms with E-state index in [1.165, 1.54) is 11.9 Å². The molecule has 1 aliphatic carbocycles. The molecule has 0 aromatic heterocycles. The Kier molecular flexibility index (Phi) is 3.29. The largest absolute Gasteiger partial charge is 0.287 e. The molecule has 0 fully saturated rings. The van der Waals surface area contributed by atoms with E-state index in [1.807, 2.05) is 60.7 Å². The van der Waals surface area contributed by atoms with Gasteiger partial charge in [0.2, 0.25) is 5.78 Å². The molecule has 0 aliphatic heterocycles. The van der Waals surface area contributed by atoms with Crippen LogP contribution in [0.5, 0.6) is 0 Å². The van der Waals surface area contributed by atoms with Crippen molar-refractivity contribution in [3.8, 4) is 0 Å². The van der Waals surface area contributed by atoms with Gasteiger partial charge in [-0.25, -0.2) is 4.40 Å². The maximum atomic E-state index is 12.2. The second kappa shape index (κ2) is 5.24. The zero-order valence-corrected chi connectivity index (χ0v) is 10.9. The standard InChI is InChI=1S/C16H11NOS/c18-16-14-9-5-4-6-12(14)10-11-15(16)17-19-13-7-2-1-3-8-13/h1-11H. The predicted molar refractivity (Wildman–Crippen MR) is 79.5 cm³/mol. The predicted octanol–water partition coefficient (Wildman–Crippen LogP) is 4.04. The summed E-state index contributed by atoms with van der Waals surface area (Å²) in [4.78, 5) is 13.3. The van der Waals surface area contributed by atoms with Gasteiger partial charge in [0, 0.05) is 22.4 Å². The van der Waals surface area contributed by atoms with Crippen LogP contribution in [0.4, 0.5) is 0 Å². The van der Waals surface area contributed by atoms with Gasteiger partial charge in [-0.15, -0.1) is 0 Å². The van der Waals surface area contributed by atoms with Crippen molar-refractivity contribution in [2.75, 3.05) is 0 Å². The highest BCUT2D eigenvalue weighted by Crippen LogP contribution is 2.22. The lowest BCUT2D eigenvalue weighted by molar-refractivity contribution is 0.106. The number of nitrogens with zero attached hydrogens (tertiary/aromatic N) is 1. The molecule has 0 unspecified atom stereocenters. The molecule has 92 valence electrons. The van der Waals surface area contributed by atoms with E-state index in [0.29, 0.717) is 5.71 Å². The molecule has 3 heteroatoms. The molecular weight excluding hydrogens is 254 g/mol. The monoisotopic (exact) mass is 265 g/mol. The molecule has 3 rings (SSSR count). The third-order valence-electron chi connectivity index (χ3n) is 2.85. The van der Waals surface area contributed by atoms with E-state index in [9.17, 15) is 4.79 Å². The second-order valence-corrected chi connectivity index (χ2v) is 4.97. The van der Waals surface area contributed by atoms with Crippen molar-refractivity contribution in [2.24, 2.45) is 4.40 Å². The zero-order chi connectivity index (χ0) is 13.1. The average molecular weight is 265 g/mol. The van der Waals surface area contributed by atoms with Gasteiger partial charge in [-0.3, -0.25) is 4.79 Å². The molecule has 1 aliphatic rings. The highest BCUT2D eigenvalue weighted by atomic mass is 32.2. The first kappa shape index (κ1) is 11.9. The Morgan fingerprint density at radius 2 is 1.58 bits per heavy atom. The van der Waals surface area contributed by atoms with Crippen LogP contribution in [-0.4, -0.2) is 11.5 Å². The fraction of sp³-hybridized carbons (Fsp3) is 0. The highest BCUT2D eigenvalue weighted by Gasteiger charge is 2.18. The number of rotatable bonds is 2. The molecule has 0 spiro atoms. The van der Waals surface area contributed by atoms with Crippen LogP contribution >= 0.6 is 11.9 Å². The first-order chi connectivity index (χ1) is 9.34. The Balaban J connectivity index is 1.87.